The molecule has 0 bridgehead atoms. The topological polar surface area (TPSA) is 145 Å². The van der Waals surface area contributed by atoms with Crippen LogP contribution in [0.15, 0.2) is 69.9 Å². The van der Waals surface area contributed by atoms with Gasteiger partial charge in [0.1, 0.15) is 34.4 Å². The number of fused-ring (bicyclic) bond motifs is 3. The monoisotopic (exact) mass is 736 g/mol. The first-order chi connectivity index (χ1) is 25.3. The van der Waals surface area contributed by atoms with Gasteiger partial charge in [0.25, 0.3) is 0 Å². The molecule has 1 fully saturated rings. The van der Waals surface area contributed by atoms with E-state index in [1.807, 2.05) is 45.0 Å². The maximum Gasteiger partial charge on any atom is 0.203 e. The van der Waals surface area contributed by atoms with Crippen LogP contribution in [0, 0.1) is 34.5 Å². The zero-order valence-electron chi connectivity index (χ0n) is 33.2. The van der Waals surface area contributed by atoms with E-state index in [1.54, 1.807) is 20.8 Å². The third kappa shape index (κ3) is 6.15. The van der Waals surface area contributed by atoms with Crippen LogP contribution in [0.25, 0.3) is 17.1 Å². The highest BCUT2D eigenvalue weighted by molar-refractivity contribution is 6.24. The maximum absolute atomic E-state index is 14.8. The number of Topliss-reactive ketones (excluding diaryl/α,β-unsaturated/α-hetero) is 3. The first kappa shape index (κ1) is 39.3. The molecule has 3 aromatic rings. The molecule has 2 unspecified atom stereocenters. The molecule has 5 atom stereocenters. The molecule has 0 aliphatic heterocycles. The van der Waals surface area contributed by atoms with Gasteiger partial charge in [-0.2, -0.15) is 0 Å². The number of hydrogen-bond donors (Lipinski definition) is 4. The van der Waals surface area contributed by atoms with Gasteiger partial charge < -0.3 is 24.8 Å². The maximum atomic E-state index is 14.8. The minimum atomic E-state index is -2.66. The van der Waals surface area contributed by atoms with Crippen molar-refractivity contribution in [1.82, 2.24) is 0 Å². The van der Waals surface area contributed by atoms with Crippen LogP contribution < -0.4 is 0 Å². The van der Waals surface area contributed by atoms with E-state index in [0.29, 0.717) is 35.1 Å². The summed E-state index contributed by atoms with van der Waals surface area (Å²) in [4.78, 5) is 41.4. The number of phenols is 1. The summed E-state index contributed by atoms with van der Waals surface area (Å²) in [5.74, 6) is -3.30. The van der Waals surface area contributed by atoms with Gasteiger partial charge in [0.2, 0.25) is 5.78 Å². The fraction of sp³-hybridized carbons (Fsp3) is 0.500. The smallest absolute Gasteiger partial charge is 0.203 e. The molecule has 1 aromatic heterocycles. The number of phenolic OH excluding ortho intramolecular Hbond substituents is 1. The van der Waals surface area contributed by atoms with Crippen molar-refractivity contribution in [3.05, 3.63) is 93.5 Å². The predicted molar refractivity (Wildman–Crippen MR) is 209 cm³/mol. The van der Waals surface area contributed by atoms with Crippen LogP contribution >= 0.6 is 0 Å². The number of carbonyl (C=O) groups excluding carboxylic acids is 3. The summed E-state index contributed by atoms with van der Waals surface area (Å²) in [5, 5.41) is 48.3. The summed E-state index contributed by atoms with van der Waals surface area (Å²) in [6.07, 6.45) is 4.02. The Morgan fingerprint density at radius 2 is 1.59 bits per heavy atom. The number of hydrogen-bond acceptors (Lipinski definition) is 8. The highest BCUT2D eigenvalue weighted by Gasteiger charge is 2.72. The highest BCUT2D eigenvalue weighted by atomic mass is 16.4. The van der Waals surface area contributed by atoms with Gasteiger partial charge in [-0.25, -0.2) is 0 Å². The molecule has 8 nitrogen and oxygen atoms in total. The Bertz CT molecular complexity index is 2060. The van der Waals surface area contributed by atoms with Crippen LogP contribution in [0.3, 0.4) is 0 Å². The minimum Gasteiger partial charge on any atom is -0.508 e. The van der Waals surface area contributed by atoms with Crippen LogP contribution in [-0.4, -0.2) is 43.4 Å². The van der Waals surface area contributed by atoms with E-state index >= 15 is 0 Å². The van der Waals surface area contributed by atoms with Crippen LogP contribution in [0.2, 0.25) is 0 Å². The van der Waals surface area contributed by atoms with Crippen LogP contribution in [-0.2, 0) is 33.6 Å². The van der Waals surface area contributed by atoms with E-state index in [0.717, 1.165) is 37.5 Å². The molecule has 6 rings (SSSR count). The zero-order chi connectivity index (χ0) is 39.7. The summed E-state index contributed by atoms with van der Waals surface area (Å²) >= 11 is 0. The van der Waals surface area contributed by atoms with Crippen molar-refractivity contribution >= 4 is 23.1 Å². The largest absolute Gasteiger partial charge is 0.508 e. The van der Waals surface area contributed by atoms with Crippen LogP contribution in [0.4, 0.5) is 0 Å². The third-order valence-corrected chi connectivity index (χ3v) is 12.6. The molecule has 288 valence electrons. The van der Waals surface area contributed by atoms with Crippen molar-refractivity contribution in [1.29, 1.82) is 0 Å². The molecular weight excluding hydrogens is 680 g/mol. The summed E-state index contributed by atoms with van der Waals surface area (Å²) in [6, 6.07) is 16.1. The lowest BCUT2D eigenvalue weighted by Crippen LogP contribution is -2.69. The van der Waals surface area contributed by atoms with Gasteiger partial charge in [0.05, 0.1) is 11.1 Å². The average Bonchev–Trinajstić information content (AvgIpc) is 3.53. The van der Waals surface area contributed by atoms with Gasteiger partial charge in [0, 0.05) is 28.7 Å². The normalized spacial score (nSPS) is 26.1. The van der Waals surface area contributed by atoms with Gasteiger partial charge >= 0.3 is 0 Å². The zero-order valence-corrected chi connectivity index (χ0v) is 33.2. The number of allylic oxidation sites excluding steroid dienone is 1. The summed E-state index contributed by atoms with van der Waals surface area (Å²) < 4.78 is 6.46. The summed E-state index contributed by atoms with van der Waals surface area (Å²) in [7, 11) is 0. The Kier molecular flexibility index (Phi) is 10.2. The van der Waals surface area contributed by atoms with Crippen molar-refractivity contribution < 1.29 is 39.2 Å². The first-order valence-corrected chi connectivity index (χ1v) is 19.5. The van der Waals surface area contributed by atoms with E-state index < -0.39 is 56.8 Å². The number of benzene rings is 2. The van der Waals surface area contributed by atoms with Crippen LogP contribution in [0.5, 0.6) is 5.75 Å². The van der Waals surface area contributed by atoms with Gasteiger partial charge in [0.15, 0.2) is 17.2 Å². The number of carbonyl (C=O) groups is 3. The van der Waals surface area contributed by atoms with E-state index in [9.17, 15) is 34.8 Å². The molecule has 3 aliphatic rings. The number of aromatic hydroxyl groups is 1. The second-order valence-corrected chi connectivity index (χ2v) is 17.8. The number of aliphatic hydroxyl groups excluding tert-OH is 2. The Morgan fingerprint density at radius 3 is 2.19 bits per heavy atom. The molecule has 4 N–H and O–H groups in total. The van der Waals surface area contributed by atoms with Crippen molar-refractivity contribution in [2.24, 2.45) is 34.5 Å². The molecule has 2 aromatic carbocycles. The molecule has 1 saturated carbocycles. The van der Waals surface area contributed by atoms with Gasteiger partial charge in [-0.15, -0.1) is 0 Å². The number of furan rings is 1. The fourth-order valence-corrected chi connectivity index (χ4v) is 10.2. The molecule has 54 heavy (non-hydrogen) atoms. The molecule has 3 aliphatic carbocycles. The Balaban J connectivity index is 1.47. The van der Waals surface area contributed by atoms with E-state index in [4.69, 9.17) is 4.42 Å². The summed E-state index contributed by atoms with van der Waals surface area (Å²) in [5.41, 5.74) is -2.72. The Labute approximate surface area is 319 Å². The molecule has 8 heteroatoms. The molecule has 0 radical (unpaired) electrons. The third-order valence-electron chi connectivity index (χ3n) is 12.6. The second-order valence-electron chi connectivity index (χ2n) is 17.8. The molecule has 0 saturated heterocycles. The number of aliphatic hydroxyl groups is 3. The minimum absolute atomic E-state index is 0.0478. The molecule has 1 heterocycles. The fourth-order valence-electron chi connectivity index (χ4n) is 10.2. The van der Waals surface area contributed by atoms with Gasteiger partial charge in [-0.1, -0.05) is 92.1 Å². The Hall–Kier alpha value is -4.43. The number of rotatable bonds is 11. The van der Waals surface area contributed by atoms with Crippen molar-refractivity contribution in [3.8, 4) is 17.1 Å². The molecule has 0 amide bonds. The average molecular weight is 737 g/mol. The quantitative estimate of drug-likeness (QED) is 0.143. The lowest BCUT2D eigenvalue weighted by atomic mass is 9.43. The van der Waals surface area contributed by atoms with Crippen molar-refractivity contribution in [3.63, 3.8) is 0 Å². The van der Waals surface area contributed by atoms with Gasteiger partial charge in [-0.05, 0) is 91.2 Å². The van der Waals surface area contributed by atoms with E-state index in [-0.39, 0.29) is 41.6 Å². The molecular formula is C46H56O8. The SMILES string of the molecule is CC(=O)C1=C(O)[C@]2(O)C(=O)C3=C(O)c4c(O)c(-c5ccc(CC(CCC(C)C)Cc6ccccc6)o5)cc(C(C)C)c4C[C@]3(C)C[C@]2(C)C(C(C)C)C1=O. The predicted octanol–water partition coefficient (Wildman–Crippen LogP) is 9.41. The summed E-state index contributed by atoms with van der Waals surface area (Å²) in [6.45, 7) is 16.7. The van der Waals surface area contributed by atoms with E-state index in [1.165, 1.54) is 5.56 Å². The first-order valence-electron chi connectivity index (χ1n) is 19.5. The second kappa shape index (κ2) is 14.0. The van der Waals surface area contributed by atoms with Crippen LogP contribution in [0.1, 0.15) is 116 Å². The van der Waals surface area contributed by atoms with Crippen molar-refractivity contribution in [2.75, 3.05) is 0 Å². The van der Waals surface area contributed by atoms with E-state index in [2.05, 4.69) is 38.1 Å². The standard InChI is InChI=1S/C46H56O8/c1-24(2)15-16-29(19-28-13-11-10-12-14-28)20-30-17-18-34(54-30)32-21-31(25(3)4)33-22-44(8)23-45(9)37(26(5)6)40(49)35(27(7)47)42(51)46(45,53)43(52)38(44)41(50)36(33)39(32)48/h10-14,17-18,21,24-26,29,37,48,50-51,53H,15-16,19-20,22-23H2,1-9H3/t29?,37?,44-,45-,46+/m1/s1. The number of ketones is 3. The lowest BCUT2D eigenvalue weighted by molar-refractivity contribution is -0.178. The molecule has 0 spiro atoms. The van der Waals surface area contributed by atoms with Crippen molar-refractivity contribution in [2.45, 2.75) is 112 Å². The Morgan fingerprint density at radius 1 is 0.926 bits per heavy atom. The highest BCUT2D eigenvalue weighted by Crippen LogP contribution is 2.65. The lowest BCUT2D eigenvalue weighted by Gasteiger charge is -2.59. The van der Waals surface area contributed by atoms with Gasteiger partial charge in [-0.3, -0.25) is 14.4 Å².